The minimum atomic E-state index is -3.81. The van der Waals surface area contributed by atoms with E-state index >= 15 is 0 Å². The average molecular weight is 272 g/mol. The van der Waals surface area contributed by atoms with Crippen molar-refractivity contribution in [1.82, 2.24) is 4.98 Å². The van der Waals surface area contributed by atoms with Gasteiger partial charge < -0.3 is 5.11 Å². The van der Waals surface area contributed by atoms with Gasteiger partial charge >= 0.3 is 5.97 Å². The van der Waals surface area contributed by atoms with E-state index in [2.05, 4.69) is 4.98 Å². The van der Waals surface area contributed by atoms with Crippen LogP contribution < -0.4 is 5.14 Å². The Morgan fingerprint density at radius 3 is 2.76 bits per heavy atom. The molecular weight excluding hydrogens is 264 g/mol. The molecule has 17 heavy (non-hydrogen) atoms. The number of hydrogen-bond acceptors (Lipinski definition) is 5. The number of hydrogen-bond donors (Lipinski definition) is 2. The van der Waals surface area contributed by atoms with E-state index in [1.54, 1.807) is 18.2 Å². The summed E-state index contributed by atoms with van der Waals surface area (Å²) in [5, 5.41) is 13.6. The molecule has 0 aliphatic heterocycles. The van der Waals surface area contributed by atoms with Crippen molar-refractivity contribution < 1.29 is 18.3 Å². The number of aromatic nitrogens is 1. The van der Waals surface area contributed by atoms with Gasteiger partial charge in [0.05, 0.1) is 16.6 Å². The van der Waals surface area contributed by atoms with E-state index in [4.69, 9.17) is 10.2 Å². The van der Waals surface area contributed by atoms with Crippen molar-refractivity contribution in [1.29, 1.82) is 0 Å². The number of thiazole rings is 1. The number of benzene rings is 1. The number of fused-ring (bicyclic) bond motifs is 1. The Bertz CT molecular complexity index is 690. The van der Waals surface area contributed by atoms with E-state index in [9.17, 15) is 13.2 Å². The van der Waals surface area contributed by atoms with Crippen LogP contribution >= 0.6 is 11.3 Å². The molecule has 1 aromatic heterocycles. The number of rotatable bonds is 3. The van der Waals surface area contributed by atoms with Crippen LogP contribution in [0.3, 0.4) is 0 Å². The molecule has 0 saturated carbocycles. The van der Waals surface area contributed by atoms with E-state index in [-0.39, 0.29) is 10.8 Å². The Balaban J connectivity index is 2.52. The fraction of sp³-hybridized carbons (Fsp3) is 0.111. The molecule has 3 N–H and O–H groups in total. The molecule has 90 valence electrons. The zero-order valence-corrected chi connectivity index (χ0v) is 10.1. The molecule has 0 unspecified atom stereocenters. The maximum absolute atomic E-state index is 11.1. The number of aliphatic carboxylic acids is 1. The summed E-state index contributed by atoms with van der Waals surface area (Å²) in [6.45, 7) is 0. The minimum absolute atomic E-state index is 0.127. The molecule has 1 aromatic carbocycles. The van der Waals surface area contributed by atoms with Gasteiger partial charge in [-0.05, 0) is 17.7 Å². The van der Waals surface area contributed by atoms with Crippen molar-refractivity contribution in [2.45, 2.75) is 10.8 Å². The van der Waals surface area contributed by atoms with E-state index in [1.807, 2.05) is 0 Å². The fourth-order valence-corrected chi connectivity index (χ4v) is 3.00. The molecule has 0 atom stereocenters. The van der Waals surface area contributed by atoms with Gasteiger partial charge in [-0.2, -0.15) is 0 Å². The zero-order valence-electron chi connectivity index (χ0n) is 8.45. The minimum Gasteiger partial charge on any atom is -0.481 e. The maximum atomic E-state index is 11.1. The van der Waals surface area contributed by atoms with Crippen LogP contribution in [0.5, 0.6) is 0 Å². The third-order valence-electron chi connectivity index (χ3n) is 2.03. The van der Waals surface area contributed by atoms with Crippen molar-refractivity contribution >= 4 is 37.5 Å². The lowest BCUT2D eigenvalue weighted by molar-refractivity contribution is -0.136. The normalized spacial score (nSPS) is 11.8. The molecule has 0 aliphatic rings. The van der Waals surface area contributed by atoms with Gasteiger partial charge in [0, 0.05) is 0 Å². The molecule has 0 saturated heterocycles. The molecule has 0 amide bonds. The second-order valence-corrected chi connectivity index (χ2v) is 6.16. The molecule has 8 heteroatoms. The van der Waals surface area contributed by atoms with E-state index in [0.717, 1.165) is 11.3 Å². The van der Waals surface area contributed by atoms with Crippen molar-refractivity contribution in [2.75, 3.05) is 0 Å². The predicted molar refractivity (Wildman–Crippen MR) is 62.3 cm³/mol. The highest BCUT2D eigenvalue weighted by Crippen LogP contribution is 2.25. The van der Waals surface area contributed by atoms with E-state index < -0.39 is 16.0 Å². The van der Waals surface area contributed by atoms with Crippen LogP contribution in [0.15, 0.2) is 22.5 Å². The summed E-state index contributed by atoms with van der Waals surface area (Å²) in [6.07, 6.45) is -0.127. The number of sulfonamides is 1. The summed E-state index contributed by atoms with van der Waals surface area (Å²) < 4.78 is 22.7. The monoisotopic (exact) mass is 272 g/mol. The highest BCUT2D eigenvalue weighted by molar-refractivity contribution is 7.91. The van der Waals surface area contributed by atoms with Crippen LogP contribution in [0.2, 0.25) is 0 Å². The van der Waals surface area contributed by atoms with E-state index in [0.29, 0.717) is 15.8 Å². The van der Waals surface area contributed by atoms with Crippen molar-refractivity contribution in [2.24, 2.45) is 5.14 Å². The molecule has 0 fully saturated rings. The van der Waals surface area contributed by atoms with Gasteiger partial charge in [0.2, 0.25) is 4.34 Å². The Morgan fingerprint density at radius 1 is 1.47 bits per heavy atom. The molecule has 0 aliphatic carbocycles. The third kappa shape index (κ3) is 2.60. The van der Waals surface area contributed by atoms with Gasteiger partial charge in [-0.15, -0.1) is 11.3 Å². The smallest absolute Gasteiger partial charge is 0.307 e. The molecule has 0 bridgehead atoms. The lowest BCUT2D eigenvalue weighted by atomic mass is 10.1. The van der Waals surface area contributed by atoms with Gasteiger partial charge in [0.15, 0.2) is 0 Å². The quantitative estimate of drug-likeness (QED) is 0.848. The first-order valence-electron chi connectivity index (χ1n) is 4.50. The summed E-state index contributed by atoms with van der Waals surface area (Å²) in [5.41, 5.74) is 1.01. The summed E-state index contributed by atoms with van der Waals surface area (Å²) in [4.78, 5) is 14.4. The van der Waals surface area contributed by atoms with Crippen LogP contribution in [0.25, 0.3) is 10.2 Å². The Hall–Kier alpha value is -1.51. The predicted octanol–water partition coefficient (Wildman–Crippen LogP) is 0.571. The molecule has 0 spiro atoms. The van der Waals surface area contributed by atoms with Crippen LogP contribution in [0.1, 0.15) is 5.56 Å². The van der Waals surface area contributed by atoms with Crippen LogP contribution in [0, 0.1) is 0 Å². The van der Waals surface area contributed by atoms with E-state index in [1.165, 1.54) is 0 Å². The van der Waals surface area contributed by atoms with Crippen LogP contribution in [-0.2, 0) is 21.2 Å². The van der Waals surface area contributed by atoms with Gasteiger partial charge in [-0.1, -0.05) is 6.07 Å². The first-order chi connectivity index (χ1) is 7.86. The first-order valence-corrected chi connectivity index (χ1v) is 6.86. The molecule has 0 radical (unpaired) electrons. The first kappa shape index (κ1) is 12.0. The highest BCUT2D eigenvalue weighted by Gasteiger charge is 2.14. The lowest BCUT2D eigenvalue weighted by Crippen LogP contribution is -2.11. The number of carboxylic acid groups (broad SMARTS) is 1. The van der Waals surface area contributed by atoms with Crippen LogP contribution in [-0.4, -0.2) is 24.5 Å². The molecule has 2 aromatic rings. The van der Waals surface area contributed by atoms with Crippen molar-refractivity contribution in [3.8, 4) is 0 Å². The largest absolute Gasteiger partial charge is 0.481 e. The SMILES string of the molecule is NS(=O)(=O)c1nc2cc(CC(=O)O)ccc2s1. The number of carbonyl (C=O) groups is 1. The number of carboxylic acids is 1. The average Bonchev–Trinajstić information content (AvgIpc) is 2.58. The third-order valence-corrected chi connectivity index (χ3v) is 4.39. The van der Waals surface area contributed by atoms with Crippen molar-refractivity contribution in [3.05, 3.63) is 23.8 Å². The number of primary sulfonamides is 1. The molecular formula is C9H8N2O4S2. The molecule has 2 rings (SSSR count). The fourth-order valence-electron chi connectivity index (χ4n) is 1.36. The summed E-state index contributed by atoms with van der Waals surface area (Å²) in [7, 11) is -3.81. The summed E-state index contributed by atoms with van der Waals surface area (Å²) in [5.74, 6) is -0.953. The van der Waals surface area contributed by atoms with Crippen LogP contribution in [0.4, 0.5) is 0 Å². The highest BCUT2D eigenvalue weighted by atomic mass is 32.2. The lowest BCUT2D eigenvalue weighted by Gasteiger charge is -1.95. The Morgan fingerprint density at radius 2 is 2.18 bits per heavy atom. The molecule has 6 nitrogen and oxygen atoms in total. The second kappa shape index (κ2) is 4.06. The zero-order chi connectivity index (χ0) is 12.6. The Labute approximate surface area is 101 Å². The standard InChI is InChI=1S/C9H8N2O4S2/c10-17(14,15)9-11-6-3-5(4-8(12)13)1-2-7(6)16-9/h1-3H,4H2,(H,12,13)(H2,10,14,15). The molecule has 1 heterocycles. The van der Waals surface area contributed by atoms with Gasteiger partial charge in [-0.25, -0.2) is 18.5 Å². The van der Waals surface area contributed by atoms with Gasteiger partial charge in [0.1, 0.15) is 0 Å². The summed E-state index contributed by atoms with van der Waals surface area (Å²) >= 11 is 0.960. The van der Waals surface area contributed by atoms with Crippen molar-refractivity contribution in [3.63, 3.8) is 0 Å². The van der Waals surface area contributed by atoms with Gasteiger partial charge in [0.25, 0.3) is 10.0 Å². The number of nitrogens with two attached hydrogens (primary N) is 1. The van der Waals surface area contributed by atoms with Gasteiger partial charge in [-0.3, -0.25) is 4.79 Å². The number of nitrogens with zero attached hydrogens (tertiary/aromatic N) is 1. The second-order valence-electron chi connectivity index (χ2n) is 3.40. The maximum Gasteiger partial charge on any atom is 0.307 e. The topological polar surface area (TPSA) is 110 Å². The summed E-state index contributed by atoms with van der Waals surface area (Å²) in [6, 6.07) is 4.82. The Kier molecular flexibility index (Phi) is 2.86.